The molecule has 1 amide bonds. The first-order chi connectivity index (χ1) is 8.47. The van der Waals surface area contributed by atoms with Crippen molar-refractivity contribution in [2.75, 3.05) is 26.4 Å². The van der Waals surface area contributed by atoms with E-state index in [-0.39, 0.29) is 30.5 Å². The summed E-state index contributed by atoms with van der Waals surface area (Å²) < 4.78 is 4.51. The fraction of sp³-hybridized carbons (Fsp3) is 0.333. The van der Waals surface area contributed by atoms with Crippen LogP contribution in [-0.2, 0) is 9.53 Å². The third-order valence-corrected chi connectivity index (χ3v) is 2.84. The number of benzene rings is 1. The number of hydrogen-bond acceptors (Lipinski definition) is 4. The van der Waals surface area contributed by atoms with Gasteiger partial charge >= 0.3 is 5.97 Å². The average molecular weight is 271 g/mol. The van der Waals surface area contributed by atoms with Crippen molar-refractivity contribution in [3.05, 3.63) is 28.8 Å². The standard InChI is InChI=1S/C12H15ClN2O3/c1-15(7-6-10(16)18-2)12(17)8-4-3-5-9(13)11(8)14/h3-5H,6-7,14H2,1-2H3. The van der Waals surface area contributed by atoms with Crippen LogP contribution in [-0.4, -0.2) is 37.5 Å². The number of ether oxygens (including phenoxy) is 1. The molecule has 0 fully saturated rings. The van der Waals surface area contributed by atoms with E-state index in [0.29, 0.717) is 10.6 Å². The maximum atomic E-state index is 12.1. The SMILES string of the molecule is COC(=O)CCN(C)C(=O)c1cccc(Cl)c1N. The molecule has 6 heteroatoms. The van der Waals surface area contributed by atoms with Crippen molar-refractivity contribution >= 4 is 29.2 Å². The smallest absolute Gasteiger partial charge is 0.307 e. The number of carbonyl (C=O) groups excluding carboxylic acids is 2. The van der Waals surface area contributed by atoms with Crippen LogP contribution in [0.4, 0.5) is 5.69 Å². The van der Waals surface area contributed by atoms with E-state index >= 15 is 0 Å². The number of methoxy groups -OCH3 is 1. The van der Waals surface area contributed by atoms with E-state index in [1.165, 1.54) is 12.0 Å². The zero-order valence-corrected chi connectivity index (χ0v) is 11.0. The number of anilines is 1. The molecule has 0 aliphatic rings. The number of hydrogen-bond donors (Lipinski definition) is 1. The maximum absolute atomic E-state index is 12.1. The second-order valence-corrected chi connectivity index (χ2v) is 4.16. The second kappa shape index (κ2) is 6.26. The van der Waals surface area contributed by atoms with Crippen LogP contribution in [0.15, 0.2) is 18.2 Å². The van der Waals surface area contributed by atoms with Gasteiger partial charge in [0.1, 0.15) is 0 Å². The molecule has 0 saturated carbocycles. The lowest BCUT2D eigenvalue weighted by Gasteiger charge is -2.17. The van der Waals surface area contributed by atoms with Gasteiger partial charge in [0.15, 0.2) is 0 Å². The van der Waals surface area contributed by atoms with Crippen molar-refractivity contribution < 1.29 is 14.3 Å². The maximum Gasteiger partial charge on any atom is 0.307 e. The van der Waals surface area contributed by atoms with Gasteiger partial charge in [0, 0.05) is 13.6 Å². The Hall–Kier alpha value is -1.75. The molecule has 2 N–H and O–H groups in total. The van der Waals surface area contributed by atoms with Gasteiger partial charge in [0.2, 0.25) is 0 Å². The van der Waals surface area contributed by atoms with E-state index in [1.807, 2.05) is 0 Å². The largest absolute Gasteiger partial charge is 0.469 e. The number of carbonyl (C=O) groups is 2. The highest BCUT2D eigenvalue weighted by Crippen LogP contribution is 2.23. The molecule has 1 aromatic rings. The lowest BCUT2D eigenvalue weighted by Crippen LogP contribution is -2.29. The van der Waals surface area contributed by atoms with Crippen LogP contribution in [0.1, 0.15) is 16.8 Å². The van der Waals surface area contributed by atoms with Crippen molar-refractivity contribution in [2.24, 2.45) is 0 Å². The van der Waals surface area contributed by atoms with E-state index in [2.05, 4.69) is 4.74 Å². The number of nitrogen functional groups attached to an aromatic ring is 1. The highest BCUT2D eigenvalue weighted by Gasteiger charge is 2.16. The monoisotopic (exact) mass is 270 g/mol. The summed E-state index contributed by atoms with van der Waals surface area (Å²) in [7, 11) is 2.89. The average Bonchev–Trinajstić information content (AvgIpc) is 2.37. The zero-order valence-electron chi connectivity index (χ0n) is 10.3. The van der Waals surface area contributed by atoms with Crippen LogP contribution in [0.3, 0.4) is 0 Å². The van der Waals surface area contributed by atoms with Crippen LogP contribution in [0, 0.1) is 0 Å². The lowest BCUT2D eigenvalue weighted by molar-refractivity contribution is -0.140. The summed E-state index contributed by atoms with van der Waals surface area (Å²) in [5.41, 5.74) is 6.31. The fourth-order valence-electron chi connectivity index (χ4n) is 1.39. The molecule has 0 aromatic heterocycles. The third-order valence-electron chi connectivity index (χ3n) is 2.51. The van der Waals surface area contributed by atoms with Crippen LogP contribution >= 0.6 is 11.6 Å². The van der Waals surface area contributed by atoms with Gasteiger partial charge < -0.3 is 15.4 Å². The molecule has 0 aliphatic carbocycles. The molecule has 0 atom stereocenters. The Balaban J connectivity index is 2.74. The summed E-state index contributed by atoms with van der Waals surface area (Å²) in [6.07, 6.45) is 0.138. The Labute approximate surface area is 110 Å². The molecule has 1 aromatic carbocycles. The van der Waals surface area contributed by atoms with Crippen molar-refractivity contribution in [3.63, 3.8) is 0 Å². The highest BCUT2D eigenvalue weighted by molar-refractivity contribution is 6.33. The van der Waals surface area contributed by atoms with Crippen molar-refractivity contribution in [1.82, 2.24) is 4.90 Å². The van der Waals surface area contributed by atoms with Crippen molar-refractivity contribution in [1.29, 1.82) is 0 Å². The predicted molar refractivity (Wildman–Crippen MR) is 69.5 cm³/mol. The van der Waals surface area contributed by atoms with Crippen LogP contribution in [0.25, 0.3) is 0 Å². The molecule has 5 nitrogen and oxygen atoms in total. The van der Waals surface area contributed by atoms with Gasteiger partial charge in [-0.25, -0.2) is 0 Å². The zero-order chi connectivity index (χ0) is 13.7. The van der Waals surface area contributed by atoms with Gasteiger partial charge in [-0.1, -0.05) is 17.7 Å². The van der Waals surface area contributed by atoms with Crippen LogP contribution < -0.4 is 5.73 Å². The number of nitrogens with two attached hydrogens (primary N) is 1. The van der Waals surface area contributed by atoms with Crippen LogP contribution in [0.2, 0.25) is 5.02 Å². The number of rotatable bonds is 4. The van der Waals surface area contributed by atoms with E-state index in [9.17, 15) is 9.59 Å². The van der Waals surface area contributed by atoms with E-state index in [4.69, 9.17) is 17.3 Å². The van der Waals surface area contributed by atoms with Gasteiger partial charge in [-0.15, -0.1) is 0 Å². The number of amides is 1. The molecule has 0 bridgehead atoms. The van der Waals surface area contributed by atoms with Crippen LogP contribution in [0.5, 0.6) is 0 Å². The third kappa shape index (κ3) is 3.37. The molecule has 98 valence electrons. The van der Waals surface area contributed by atoms with Gasteiger partial charge in [-0.05, 0) is 12.1 Å². The Morgan fingerprint density at radius 1 is 1.44 bits per heavy atom. The van der Waals surface area contributed by atoms with Gasteiger partial charge in [-0.3, -0.25) is 9.59 Å². The summed E-state index contributed by atoms with van der Waals surface area (Å²) in [5.74, 6) is -0.646. The molecule has 0 heterocycles. The fourth-order valence-corrected chi connectivity index (χ4v) is 1.57. The Morgan fingerprint density at radius 3 is 2.72 bits per heavy atom. The summed E-state index contributed by atoms with van der Waals surface area (Å²) >= 11 is 5.84. The molecule has 1 rings (SSSR count). The minimum absolute atomic E-state index is 0.138. The Bertz CT molecular complexity index is 463. The molecular weight excluding hydrogens is 256 g/mol. The Morgan fingerprint density at radius 2 is 2.11 bits per heavy atom. The summed E-state index contributed by atoms with van der Waals surface area (Å²) in [5, 5.41) is 0.335. The number of para-hydroxylation sites is 1. The topological polar surface area (TPSA) is 72.6 Å². The van der Waals surface area contributed by atoms with Gasteiger partial charge in [0.05, 0.1) is 29.8 Å². The highest BCUT2D eigenvalue weighted by atomic mass is 35.5. The summed E-state index contributed by atoms with van der Waals surface area (Å²) in [4.78, 5) is 24.4. The lowest BCUT2D eigenvalue weighted by atomic mass is 10.1. The first-order valence-electron chi connectivity index (χ1n) is 5.33. The number of esters is 1. The van der Waals surface area contributed by atoms with Crippen molar-refractivity contribution in [2.45, 2.75) is 6.42 Å². The molecule has 18 heavy (non-hydrogen) atoms. The van der Waals surface area contributed by atoms with E-state index in [0.717, 1.165) is 0 Å². The predicted octanol–water partition coefficient (Wildman–Crippen LogP) is 1.56. The molecule has 0 aliphatic heterocycles. The quantitative estimate of drug-likeness (QED) is 0.666. The molecule has 0 saturated heterocycles. The van der Waals surface area contributed by atoms with E-state index < -0.39 is 0 Å². The molecule has 0 radical (unpaired) electrons. The van der Waals surface area contributed by atoms with Gasteiger partial charge in [0.25, 0.3) is 5.91 Å². The summed E-state index contributed by atoms with van der Waals surface area (Å²) in [6.45, 7) is 0.261. The minimum Gasteiger partial charge on any atom is -0.469 e. The first kappa shape index (κ1) is 14.3. The summed E-state index contributed by atoms with van der Waals surface area (Å²) in [6, 6.07) is 4.86. The normalized spacial score (nSPS) is 9.94. The number of nitrogens with zero attached hydrogens (tertiary/aromatic N) is 1. The first-order valence-corrected chi connectivity index (χ1v) is 5.71. The molecule has 0 spiro atoms. The molecular formula is C12H15ClN2O3. The Kier molecular flexibility index (Phi) is 4.97. The number of halogens is 1. The molecule has 0 unspecified atom stereocenters. The van der Waals surface area contributed by atoms with E-state index in [1.54, 1.807) is 25.2 Å². The minimum atomic E-state index is -0.367. The van der Waals surface area contributed by atoms with Crippen molar-refractivity contribution in [3.8, 4) is 0 Å². The van der Waals surface area contributed by atoms with Gasteiger partial charge in [-0.2, -0.15) is 0 Å². The second-order valence-electron chi connectivity index (χ2n) is 3.75.